The number of benzene rings is 1. The number of rotatable bonds is 5. The summed E-state index contributed by atoms with van der Waals surface area (Å²) < 4.78 is 5.15. The zero-order chi connectivity index (χ0) is 14.1. The second-order valence-electron chi connectivity index (χ2n) is 3.75. The van der Waals surface area contributed by atoms with E-state index in [-0.39, 0.29) is 19.1 Å². The van der Waals surface area contributed by atoms with Crippen LogP contribution in [0.2, 0.25) is 5.02 Å². The van der Waals surface area contributed by atoms with Crippen molar-refractivity contribution in [2.45, 2.75) is 13.3 Å². The van der Waals surface area contributed by atoms with Gasteiger partial charge in [-0.15, -0.1) is 0 Å². The summed E-state index contributed by atoms with van der Waals surface area (Å²) in [5.74, 6) is 5.01. The maximum Gasteiger partial charge on any atom is 0.250 e. The molecule has 1 aromatic rings. The molecule has 0 aliphatic heterocycles. The van der Waals surface area contributed by atoms with Crippen molar-refractivity contribution in [3.8, 4) is 11.8 Å². The van der Waals surface area contributed by atoms with Crippen LogP contribution in [-0.4, -0.2) is 30.8 Å². The summed E-state index contributed by atoms with van der Waals surface area (Å²) in [6.45, 7) is 2.27. The van der Waals surface area contributed by atoms with Gasteiger partial charge in [-0.2, -0.15) is 0 Å². The van der Waals surface area contributed by atoms with Crippen LogP contribution in [0.1, 0.15) is 18.9 Å². The molecule has 1 rings (SSSR count). The van der Waals surface area contributed by atoms with Crippen LogP contribution >= 0.6 is 11.6 Å². The molecule has 0 fully saturated rings. The van der Waals surface area contributed by atoms with Gasteiger partial charge in [0.25, 0.3) is 0 Å². The molecule has 5 heteroatoms. The van der Waals surface area contributed by atoms with Crippen LogP contribution in [-0.2, 0) is 9.53 Å². The number of halogens is 1. The lowest BCUT2D eigenvalue weighted by Gasteiger charge is -2.08. The summed E-state index contributed by atoms with van der Waals surface area (Å²) in [5, 5.41) is 11.9. The lowest BCUT2D eigenvalue weighted by Crippen LogP contribution is -2.19. The zero-order valence-electron chi connectivity index (χ0n) is 10.7. The van der Waals surface area contributed by atoms with Crippen molar-refractivity contribution in [1.82, 2.24) is 0 Å². The number of hydrogen-bond donors (Lipinski definition) is 2. The molecule has 1 aromatic carbocycles. The van der Waals surface area contributed by atoms with E-state index in [1.165, 1.54) is 0 Å². The van der Waals surface area contributed by atoms with Gasteiger partial charge in [-0.3, -0.25) is 4.79 Å². The molecule has 0 unspecified atom stereocenters. The lowest BCUT2D eigenvalue weighted by molar-refractivity contribution is -0.120. The molecule has 2 N–H and O–H groups in total. The van der Waals surface area contributed by atoms with Gasteiger partial charge in [0.2, 0.25) is 5.91 Å². The standard InChI is InChI=1S/C14H16ClNO3/c1-2-8-19-10-14(18)16-13-6-5-12(15)9-11(13)4-3-7-17/h5-6,9,17H,2,7-8,10H2,1H3,(H,16,18). The van der Waals surface area contributed by atoms with Crippen molar-refractivity contribution in [1.29, 1.82) is 0 Å². The Labute approximate surface area is 117 Å². The first kappa shape index (κ1) is 15.5. The monoisotopic (exact) mass is 281 g/mol. The van der Waals surface area contributed by atoms with Gasteiger partial charge in [0.15, 0.2) is 0 Å². The molecule has 0 aliphatic carbocycles. The Bertz CT molecular complexity index is 491. The molecule has 0 atom stereocenters. The number of hydrogen-bond acceptors (Lipinski definition) is 3. The fraction of sp³-hybridized carbons (Fsp3) is 0.357. The minimum atomic E-state index is -0.250. The van der Waals surface area contributed by atoms with Crippen molar-refractivity contribution in [2.75, 3.05) is 25.1 Å². The smallest absolute Gasteiger partial charge is 0.250 e. The average molecular weight is 282 g/mol. The third kappa shape index (κ3) is 5.75. The molecule has 102 valence electrons. The Morgan fingerprint density at radius 1 is 1.53 bits per heavy atom. The number of ether oxygens (including phenoxy) is 1. The molecule has 4 nitrogen and oxygen atoms in total. The molecule has 19 heavy (non-hydrogen) atoms. The van der Waals surface area contributed by atoms with E-state index in [2.05, 4.69) is 17.2 Å². The van der Waals surface area contributed by atoms with Crippen LogP contribution in [0.3, 0.4) is 0 Å². The number of carbonyl (C=O) groups excluding carboxylic acids is 1. The largest absolute Gasteiger partial charge is 0.384 e. The van der Waals surface area contributed by atoms with E-state index in [1.54, 1.807) is 18.2 Å². The third-order valence-electron chi connectivity index (χ3n) is 2.14. The van der Waals surface area contributed by atoms with Crippen LogP contribution in [0.4, 0.5) is 5.69 Å². The van der Waals surface area contributed by atoms with Gasteiger partial charge >= 0.3 is 0 Å². The SMILES string of the molecule is CCCOCC(=O)Nc1ccc(Cl)cc1C#CCO. The highest BCUT2D eigenvalue weighted by atomic mass is 35.5. The summed E-state index contributed by atoms with van der Waals surface area (Å²) in [6, 6.07) is 4.96. The second-order valence-corrected chi connectivity index (χ2v) is 4.19. The highest BCUT2D eigenvalue weighted by Crippen LogP contribution is 2.19. The molecular formula is C14H16ClNO3. The van der Waals surface area contributed by atoms with E-state index in [9.17, 15) is 4.79 Å². The Balaban J connectivity index is 2.74. The van der Waals surface area contributed by atoms with Gasteiger partial charge < -0.3 is 15.2 Å². The highest BCUT2D eigenvalue weighted by Gasteiger charge is 2.06. The summed E-state index contributed by atoms with van der Waals surface area (Å²) in [4.78, 5) is 11.6. The van der Waals surface area contributed by atoms with Crippen molar-refractivity contribution in [3.63, 3.8) is 0 Å². The van der Waals surface area contributed by atoms with Crippen LogP contribution in [0, 0.1) is 11.8 Å². The van der Waals surface area contributed by atoms with Gasteiger partial charge in [0.1, 0.15) is 13.2 Å². The van der Waals surface area contributed by atoms with Gasteiger partial charge in [-0.1, -0.05) is 30.4 Å². The molecule has 1 amide bonds. The fourth-order valence-electron chi connectivity index (χ4n) is 1.36. The Kier molecular flexibility index (Phi) is 6.98. The molecule has 0 aliphatic rings. The lowest BCUT2D eigenvalue weighted by atomic mass is 10.2. The fourth-order valence-corrected chi connectivity index (χ4v) is 1.53. The maximum atomic E-state index is 11.6. The number of aliphatic hydroxyl groups is 1. The van der Waals surface area contributed by atoms with E-state index < -0.39 is 0 Å². The minimum absolute atomic E-state index is 0.00331. The van der Waals surface area contributed by atoms with Crippen LogP contribution in [0.15, 0.2) is 18.2 Å². The summed E-state index contributed by atoms with van der Waals surface area (Å²) in [5.41, 5.74) is 1.11. The van der Waals surface area contributed by atoms with Gasteiger partial charge in [0, 0.05) is 17.2 Å². The Morgan fingerprint density at radius 2 is 2.32 bits per heavy atom. The number of amides is 1. The average Bonchev–Trinajstić information content (AvgIpc) is 2.39. The first-order chi connectivity index (χ1) is 9.17. The van der Waals surface area contributed by atoms with Crippen molar-refractivity contribution >= 4 is 23.2 Å². The van der Waals surface area contributed by atoms with Crippen LogP contribution in [0.25, 0.3) is 0 Å². The summed E-state index contributed by atoms with van der Waals surface area (Å²) >= 11 is 5.87. The number of nitrogens with one attached hydrogen (secondary N) is 1. The van der Waals surface area contributed by atoms with Gasteiger partial charge in [-0.05, 0) is 24.6 Å². The number of aliphatic hydroxyl groups excluding tert-OH is 1. The van der Waals surface area contributed by atoms with Gasteiger partial charge in [-0.25, -0.2) is 0 Å². The molecule has 0 aromatic heterocycles. The van der Waals surface area contributed by atoms with Crippen molar-refractivity contribution in [2.24, 2.45) is 0 Å². The van der Waals surface area contributed by atoms with E-state index in [0.29, 0.717) is 22.9 Å². The molecule has 0 saturated heterocycles. The molecule has 0 bridgehead atoms. The quantitative estimate of drug-likeness (QED) is 0.641. The maximum absolute atomic E-state index is 11.6. The van der Waals surface area contributed by atoms with E-state index in [4.69, 9.17) is 21.4 Å². The predicted octanol–water partition coefficient (Wildman–Crippen LogP) is 2.05. The first-order valence-electron chi connectivity index (χ1n) is 5.94. The summed E-state index contributed by atoms with van der Waals surface area (Å²) in [6.07, 6.45) is 0.863. The van der Waals surface area contributed by atoms with Crippen molar-refractivity contribution < 1.29 is 14.6 Å². The number of carbonyl (C=O) groups is 1. The van der Waals surface area contributed by atoms with Crippen LogP contribution in [0.5, 0.6) is 0 Å². The Hall–Kier alpha value is -1.54. The van der Waals surface area contributed by atoms with Crippen LogP contribution < -0.4 is 5.32 Å². The summed E-state index contributed by atoms with van der Waals surface area (Å²) in [7, 11) is 0. The van der Waals surface area contributed by atoms with Gasteiger partial charge in [0.05, 0.1) is 5.69 Å². The molecule has 0 heterocycles. The highest BCUT2D eigenvalue weighted by molar-refractivity contribution is 6.30. The zero-order valence-corrected chi connectivity index (χ0v) is 11.5. The normalized spacial score (nSPS) is 9.63. The molecular weight excluding hydrogens is 266 g/mol. The second kappa shape index (κ2) is 8.54. The molecule has 0 saturated carbocycles. The first-order valence-corrected chi connectivity index (χ1v) is 6.32. The minimum Gasteiger partial charge on any atom is -0.384 e. The topological polar surface area (TPSA) is 58.6 Å². The molecule has 0 radical (unpaired) electrons. The van der Waals surface area contributed by atoms with E-state index >= 15 is 0 Å². The predicted molar refractivity (Wildman–Crippen MR) is 75.2 cm³/mol. The molecule has 0 spiro atoms. The Morgan fingerprint density at radius 3 is 3.00 bits per heavy atom. The number of anilines is 1. The van der Waals surface area contributed by atoms with E-state index in [0.717, 1.165) is 6.42 Å². The van der Waals surface area contributed by atoms with Crippen molar-refractivity contribution in [3.05, 3.63) is 28.8 Å². The van der Waals surface area contributed by atoms with E-state index in [1.807, 2.05) is 6.92 Å². The third-order valence-corrected chi connectivity index (χ3v) is 2.37.